The van der Waals surface area contributed by atoms with E-state index in [-0.39, 0.29) is 18.3 Å². The second-order valence-corrected chi connectivity index (χ2v) is 5.00. The highest BCUT2D eigenvalue weighted by molar-refractivity contribution is 5.93. The van der Waals surface area contributed by atoms with Crippen LogP contribution in [0, 0.1) is 0 Å². The van der Waals surface area contributed by atoms with Gasteiger partial charge in [0, 0.05) is 12.1 Å². The normalized spacial score (nSPS) is 11.8. The van der Waals surface area contributed by atoms with Crippen LogP contribution >= 0.6 is 0 Å². The second-order valence-electron chi connectivity index (χ2n) is 5.00. The fourth-order valence-electron chi connectivity index (χ4n) is 1.65. The Morgan fingerprint density at radius 3 is 2.52 bits per heavy atom. The summed E-state index contributed by atoms with van der Waals surface area (Å²) in [6, 6.07) is 6.57. The van der Waals surface area contributed by atoms with E-state index in [1.165, 1.54) is 0 Å². The lowest BCUT2D eigenvalue weighted by Gasteiger charge is -2.08. The van der Waals surface area contributed by atoms with E-state index in [1.807, 2.05) is 6.92 Å². The molecule has 0 saturated heterocycles. The van der Waals surface area contributed by atoms with Gasteiger partial charge in [0.25, 0.3) is 0 Å². The number of amides is 1. The molecule has 0 aliphatic heterocycles. The van der Waals surface area contributed by atoms with Gasteiger partial charge in [0.1, 0.15) is 0 Å². The number of rotatable bonds is 8. The minimum absolute atomic E-state index is 0.158. The number of carbonyl (C=O) groups is 2. The van der Waals surface area contributed by atoms with E-state index in [2.05, 4.69) is 5.32 Å². The lowest BCUT2D eigenvalue weighted by Crippen LogP contribution is -2.14. The summed E-state index contributed by atoms with van der Waals surface area (Å²) in [5.74, 6) is -0.510. The van der Waals surface area contributed by atoms with E-state index in [0.717, 1.165) is 12.8 Å². The van der Waals surface area contributed by atoms with E-state index in [9.17, 15) is 9.59 Å². The first-order valence-electron chi connectivity index (χ1n) is 7.28. The van der Waals surface area contributed by atoms with Crippen LogP contribution in [0.25, 0.3) is 0 Å². The molecule has 0 aliphatic rings. The first-order valence-corrected chi connectivity index (χ1v) is 7.28. The molecule has 0 radical (unpaired) electrons. The molecule has 0 fully saturated rings. The maximum atomic E-state index is 11.7. The Balaban J connectivity index is 2.46. The molecule has 0 aromatic heterocycles. The quantitative estimate of drug-likeness (QED) is 0.571. The van der Waals surface area contributed by atoms with Crippen molar-refractivity contribution in [2.45, 2.75) is 45.6 Å². The van der Waals surface area contributed by atoms with Crippen molar-refractivity contribution in [2.24, 2.45) is 0 Å². The predicted octanol–water partition coefficient (Wildman–Crippen LogP) is 2.74. The Labute approximate surface area is 125 Å². The van der Waals surface area contributed by atoms with Crippen LogP contribution in [0.3, 0.4) is 0 Å². The molecule has 1 unspecified atom stereocenters. The number of anilines is 1. The molecule has 5 nitrogen and oxygen atoms in total. The highest BCUT2D eigenvalue weighted by Crippen LogP contribution is 2.11. The summed E-state index contributed by atoms with van der Waals surface area (Å²) in [7, 11) is 0. The summed E-state index contributed by atoms with van der Waals surface area (Å²) in [5, 5.41) is 11.8. The smallest absolute Gasteiger partial charge is 0.338 e. The molecule has 21 heavy (non-hydrogen) atoms. The Morgan fingerprint density at radius 2 is 1.95 bits per heavy atom. The topological polar surface area (TPSA) is 75.6 Å². The average molecular weight is 293 g/mol. The van der Waals surface area contributed by atoms with Gasteiger partial charge in [-0.1, -0.05) is 13.3 Å². The lowest BCUT2D eigenvalue weighted by molar-refractivity contribution is -0.116. The Bertz CT molecular complexity index is 454. The zero-order valence-electron chi connectivity index (χ0n) is 12.6. The van der Waals surface area contributed by atoms with Crippen molar-refractivity contribution in [2.75, 3.05) is 11.9 Å². The number of benzene rings is 1. The molecule has 2 N–H and O–H groups in total. The molecule has 5 heteroatoms. The van der Waals surface area contributed by atoms with Crippen LogP contribution in [-0.4, -0.2) is 29.7 Å². The van der Waals surface area contributed by atoms with Crippen LogP contribution in [0.5, 0.6) is 0 Å². The van der Waals surface area contributed by atoms with Crippen LogP contribution in [-0.2, 0) is 9.53 Å². The van der Waals surface area contributed by atoms with Gasteiger partial charge in [0.05, 0.1) is 18.3 Å². The Hall–Kier alpha value is -1.88. The first kappa shape index (κ1) is 17.2. The zero-order valence-corrected chi connectivity index (χ0v) is 12.6. The third kappa shape index (κ3) is 6.90. The summed E-state index contributed by atoms with van der Waals surface area (Å²) >= 11 is 0. The van der Waals surface area contributed by atoms with Gasteiger partial charge < -0.3 is 15.2 Å². The minimum Gasteiger partial charge on any atom is -0.462 e. The third-order valence-electron chi connectivity index (χ3n) is 2.92. The van der Waals surface area contributed by atoms with Crippen LogP contribution in [0.15, 0.2) is 24.3 Å². The molecular weight excluding hydrogens is 270 g/mol. The third-order valence-corrected chi connectivity index (χ3v) is 2.92. The standard InChI is InChI=1S/C16H23NO4/c1-3-4-11-21-16(20)13-6-8-14(9-7-13)17-15(19)10-5-12(2)18/h6-9,12,18H,3-5,10-11H2,1-2H3,(H,17,19). The van der Waals surface area contributed by atoms with Crippen molar-refractivity contribution in [1.29, 1.82) is 0 Å². The van der Waals surface area contributed by atoms with Crippen molar-refractivity contribution in [3.05, 3.63) is 29.8 Å². The minimum atomic E-state index is -0.490. The van der Waals surface area contributed by atoms with E-state index in [1.54, 1.807) is 31.2 Å². The Kier molecular flexibility index (Phi) is 7.46. The molecule has 1 aromatic rings. The second kappa shape index (κ2) is 9.13. The number of nitrogens with one attached hydrogen (secondary N) is 1. The summed E-state index contributed by atoms with van der Waals surface area (Å²) in [4.78, 5) is 23.3. The molecule has 0 aliphatic carbocycles. The molecular formula is C16H23NO4. The van der Waals surface area contributed by atoms with Crippen LogP contribution in [0.1, 0.15) is 49.9 Å². The van der Waals surface area contributed by atoms with Crippen molar-refractivity contribution < 1.29 is 19.4 Å². The van der Waals surface area contributed by atoms with Crippen molar-refractivity contribution in [3.8, 4) is 0 Å². The SMILES string of the molecule is CCCCOC(=O)c1ccc(NC(=O)CCC(C)O)cc1. The Morgan fingerprint density at radius 1 is 1.29 bits per heavy atom. The number of aliphatic hydroxyl groups excluding tert-OH is 1. The molecule has 0 saturated carbocycles. The number of esters is 1. The number of carbonyl (C=O) groups excluding carboxylic acids is 2. The molecule has 1 rings (SSSR count). The molecule has 1 aromatic carbocycles. The summed E-state index contributed by atoms with van der Waals surface area (Å²) in [6.45, 7) is 4.10. The van der Waals surface area contributed by atoms with Crippen LogP contribution in [0.2, 0.25) is 0 Å². The van der Waals surface area contributed by atoms with Gasteiger partial charge in [0.15, 0.2) is 0 Å². The highest BCUT2D eigenvalue weighted by Gasteiger charge is 2.08. The molecule has 0 spiro atoms. The number of aliphatic hydroxyl groups is 1. The number of hydrogen-bond donors (Lipinski definition) is 2. The van der Waals surface area contributed by atoms with Gasteiger partial charge >= 0.3 is 5.97 Å². The molecule has 1 atom stereocenters. The van der Waals surface area contributed by atoms with Crippen LogP contribution < -0.4 is 5.32 Å². The van der Waals surface area contributed by atoms with Gasteiger partial charge in [-0.05, 0) is 44.0 Å². The van der Waals surface area contributed by atoms with E-state index in [0.29, 0.717) is 24.3 Å². The largest absolute Gasteiger partial charge is 0.462 e. The lowest BCUT2D eigenvalue weighted by atomic mass is 10.2. The average Bonchev–Trinajstić information content (AvgIpc) is 2.46. The van der Waals surface area contributed by atoms with E-state index >= 15 is 0 Å². The van der Waals surface area contributed by atoms with Crippen molar-refractivity contribution >= 4 is 17.6 Å². The number of unbranched alkanes of at least 4 members (excludes halogenated alkanes) is 1. The fraction of sp³-hybridized carbons (Fsp3) is 0.500. The van der Waals surface area contributed by atoms with E-state index < -0.39 is 6.10 Å². The maximum Gasteiger partial charge on any atom is 0.338 e. The summed E-state index contributed by atoms with van der Waals surface area (Å²) in [6.07, 6.45) is 2.02. The summed E-state index contributed by atoms with van der Waals surface area (Å²) < 4.78 is 5.10. The zero-order chi connectivity index (χ0) is 15.7. The van der Waals surface area contributed by atoms with Crippen molar-refractivity contribution in [3.63, 3.8) is 0 Å². The van der Waals surface area contributed by atoms with Gasteiger partial charge in [-0.25, -0.2) is 4.79 Å². The first-order chi connectivity index (χ1) is 10.0. The number of ether oxygens (including phenoxy) is 1. The van der Waals surface area contributed by atoms with Gasteiger partial charge in [0.2, 0.25) is 5.91 Å². The maximum absolute atomic E-state index is 11.7. The summed E-state index contributed by atoms with van der Waals surface area (Å²) in [5.41, 5.74) is 1.09. The fourth-order valence-corrected chi connectivity index (χ4v) is 1.65. The highest BCUT2D eigenvalue weighted by atomic mass is 16.5. The number of hydrogen-bond acceptors (Lipinski definition) is 4. The molecule has 0 heterocycles. The monoisotopic (exact) mass is 293 g/mol. The van der Waals surface area contributed by atoms with E-state index in [4.69, 9.17) is 9.84 Å². The predicted molar refractivity (Wildman–Crippen MR) is 81.2 cm³/mol. The van der Waals surface area contributed by atoms with Gasteiger partial charge in [-0.3, -0.25) is 4.79 Å². The van der Waals surface area contributed by atoms with Gasteiger partial charge in [-0.2, -0.15) is 0 Å². The molecule has 1 amide bonds. The molecule has 116 valence electrons. The van der Waals surface area contributed by atoms with Crippen LogP contribution in [0.4, 0.5) is 5.69 Å². The van der Waals surface area contributed by atoms with Gasteiger partial charge in [-0.15, -0.1) is 0 Å². The van der Waals surface area contributed by atoms with Crippen molar-refractivity contribution in [1.82, 2.24) is 0 Å². The molecule has 0 bridgehead atoms.